The smallest absolute Gasteiger partial charge is 0.227 e. The number of aryl methyl sites for hydroxylation is 1. The molecule has 1 saturated heterocycles. The predicted molar refractivity (Wildman–Crippen MR) is 85.8 cm³/mol. The van der Waals surface area contributed by atoms with E-state index in [0.29, 0.717) is 6.61 Å². The number of rotatable bonds is 5. The number of aromatic nitrogens is 3. The first-order valence-corrected chi connectivity index (χ1v) is 8.03. The van der Waals surface area contributed by atoms with Crippen LogP contribution in [0.4, 0.5) is 0 Å². The van der Waals surface area contributed by atoms with E-state index in [1.54, 1.807) is 18.6 Å². The van der Waals surface area contributed by atoms with E-state index in [-0.39, 0.29) is 24.0 Å². The van der Waals surface area contributed by atoms with Crippen LogP contribution in [0.3, 0.4) is 0 Å². The standard InChI is InChI=1S/C17H22N4O2/c1-3-21-9-8-19-16(21)15-14(6-10-23-15)20-17(22)12(2)13-5-4-7-18-11-13/h4-5,7-9,11-12,14-15H,3,6,10H2,1-2H3,(H,20,22)/t12?,14-,15-/m0/s1. The summed E-state index contributed by atoms with van der Waals surface area (Å²) >= 11 is 0. The van der Waals surface area contributed by atoms with Crippen LogP contribution in [0, 0.1) is 0 Å². The van der Waals surface area contributed by atoms with Gasteiger partial charge in [0.15, 0.2) is 0 Å². The number of nitrogens with zero attached hydrogens (tertiary/aromatic N) is 3. The predicted octanol–water partition coefficient (Wildman–Crippen LogP) is 2.05. The topological polar surface area (TPSA) is 69.0 Å². The normalized spacial score (nSPS) is 22.0. The van der Waals surface area contributed by atoms with Crippen molar-refractivity contribution in [2.45, 2.75) is 44.9 Å². The molecule has 1 amide bonds. The fraction of sp³-hybridized carbons (Fsp3) is 0.471. The van der Waals surface area contributed by atoms with Gasteiger partial charge in [0.2, 0.25) is 5.91 Å². The zero-order valence-corrected chi connectivity index (χ0v) is 13.5. The summed E-state index contributed by atoms with van der Waals surface area (Å²) in [7, 11) is 0. The summed E-state index contributed by atoms with van der Waals surface area (Å²) < 4.78 is 7.88. The van der Waals surface area contributed by atoms with Gasteiger partial charge in [0, 0.05) is 37.9 Å². The summed E-state index contributed by atoms with van der Waals surface area (Å²) in [5.74, 6) is 0.633. The Hall–Kier alpha value is -2.21. The van der Waals surface area contributed by atoms with Gasteiger partial charge in [-0.3, -0.25) is 9.78 Å². The van der Waals surface area contributed by atoms with Gasteiger partial charge < -0.3 is 14.6 Å². The lowest BCUT2D eigenvalue weighted by Gasteiger charge is -2.22. The lowest BCUT2D eigenvalue weighted by Crippen LogP contribution is -2.39. The van der Waals surface area contributed by atoms with Gasteiger partial charge in [0.05, 0.1) is 12.0 Å². The van der Waals surface area contributed by atoms with E-state index in [0.717, 1.165) is 24.4 Å². The molecular formula is C17H22N4O2. The molecule has 0 spiro atoms. The molecule has 1 fully saturated rings. The SMILES string of the molecule is CCn1ccnc1[C@H]1OCC[C@@H]1NC(=O)C(C)c1cccnc1. The fourth-order valence-electron chi connectivity index (χ4n) is 2.93. The van der Waals surface area contributed by atoms with Crippen LogP contribution in [-0.2, 0) is 16.1 Å². The monoisotopic (exact) mass is 314 g/mol. The molecule has 0 aromatic carbocycles. The molecule has 1 N–H and O–H groups in total. The first-order valence-electron chi connectivity index (χ1n) is 8.03. The molecule has 1 aliphatic rings. The summed E-state index contributed by atoms with van der Waals surface area (Å²) in [6, 6.07) is 3.72. The first-order chi connectivity index (χ1) is 11.2. The molecule has 1 unspecified atom stereocenters. The highest BCUT2D eigenvalue weighted by Crippen LogP contribution is 2.29. The van der Waals surface area contributed by atoms with Gasteiger partial charge >= 0.3 is 0 Å². The fourth-order valence-corrected chi connectivity index (χ4v) is 2.93. The van der Waals surface area contributed by atoms with Gasteiger partial charge in [0.25, 0.3) is 0 Å². The number of hydrogen-bond donors (Lipinski definition) is 1. The molecule has 6 heteroatoms. The molecule has 3 rings (SSSR count). The molecule has 6 nitrogen and oxygen atoms in total. The number of nitrogens with one attached hydrogen (secondary N) is 1. The minimum absolute atomic E-state index is 0.00638. The van der Waals surface area contributed by atoms with Gasteiger partial charge in [-0.1, -0.05) is 6.07 Å². The third-order valence-corrected chi connectivity index (χ3v) is 4.34. The Bertz CT molecular complexity index is 656. The lowest BCUT2D eigenvalue weighted by atomic mass is 10.0. The maximum Gasteiger partial charge on any atom is 0.227 e. The molecule has 23 heavy (non-hydrogen) atoms. The first kappa shape index (κ1) is 15.7. The van der Waals surface area contributed by atoms with Crippen molar-refractivity contribution in [1.82, 2.24) is 19.9 Å². The molecular weight excluding hydrogens is 292 g/mol. The van der Waals surface area contributed by atoms with E-state index in [1.807, 2.05) is 25.3 Å². The molecule has 3 heterocycles. The summed E-state index contributed by atoms with van der Waals surface area (Å²) in [5, 5.41) is 3.12. The Balaban J connectivity index is 1.70. The van der Waals surface area contributed by atoms with Gasteiger partial charge in [-0.15, -0.1) is 0 Å². The molecule has 122 valence electrons. The highest BCUT2D eigenvalue weighted by atomic mass is 16.5. The lowest BCUT2D eigenvalue weighted by molar-refractivity contribution is -0.123. The van der Waals surface area contributed by atoms with Crippen molar-refractivity contribution >= 4 is 5.91 Å². The quantitative estimate of drug-likeness (QED) is 0.917. The third kappa shape index (κ3) is 3.27. The highest BCUT2D eigenvalue weighted by Gasteiger charge is 2.34. The summed E-state index contributed by atoms with van der Waals surface area (Å²) in [4.78, 5) is 21.0. The summed E-state index contributed by atoms with van der Waals surface area (Å²) in [6.45, 7) is 5.43. The number of hydrogen-bond acceptors (Lipinski definition) is 4. The number of ether oxygens (including phenoxy) is 1. The highest BCUT2D eigenvalue weighted by molar-refractivity contribution is 5.83. The Labute approximate surface area is 135 Å². The molecule has 0 bridgehead atoms. The van der Waals surface area contributed by atoms with Crippen molar-refractivity contribution in [2.75, 3.05) is 6.61 Å². The molecule has 0 radical (unpaired) electrons. The Morgan fingerprint density at radius 2 is 2.39 bits per heavy atom. The Kier molecular flexibility index (Phi) is 4.71. The maximum atomic E-state index is 12.5. The second-order valence-electron chi connectivity index (χ2n) is 5.77. The third-order valence-electron chi connectivity index (χ3n) is 4.34. The molecule has 0 saturated carbocycles. The van der Waals surface area contributed by atoms with Crippen molar-refractivity contribution in [3.63, 3.8) is 0 Å². The van der Waals surface area contributed by atoms with Crippen LogP contribution in [0.2, 0.25) is 0 Å². The average Bonchev–Trinajstić information content (AvgIpc) is 3.23. The zero-order valence-electron chi connectivity index (χ0n) is 13.5. The number of carbonyl (C=O) groups excluding carboxylic acids is 1. The summed E-state index contributed by atoms with van der Waals surface area (Å²) in [5.41, 5.74) is 0.913. The van der Waals surface area contributed by atoms with Crippen molar-refractivity contribution < 1.29 is 9.53 Å². The van der Waals surface area contributed by atoms with Gasteiger partial charge in [0.1, 0.15) is 11.9 Å². The number of amides is 1. The van der Waals surface area contributed by atoms with Crippen LogP contribution in [0.1, 0.15) is 43.7 Å². The largest absolute Gasteiger partial charge is 0.368 e. The van der Waals surface area contributed by atoms with Crippen LogP contribution >= 0.6 is 0 Å². The van der Waals surface area contributed by atoms with Gasteiger partial charge in [-0.05, 0) is 31.9 Å². The minimum Gasteiger partial charge on any atom is -0.368 e. The Morgan fingerprint density at radius 3 is 3.13 bits per heavy atom. The van der Waals surface area contributed by atoms with E-state index >= 15 is 0 Å². The second kappa shape index (κ2) is 6.91. The maximum absolute atomic E-state index is 12.5. The molecule has 2 aromatic rings. The molecule has 0 aliphatic carbocycles. The van der Waals surface area contributed by atoms with Crippen LogP contribution in [-0.4, -0.2) is 33.1 Å². The van der Waals surface area contributed by atoms with Gasteiger partial charge in [-0.2, -0.15) is 0 Å². The molecule has 3 atom stereocenters. The van der Waals surface area contributed by atoms with E-state index in [9.17, 15) is 4.79 Å². The van der Waals surface area contributed by atoms with Crippen molar-refractivity contribution in [3.8, 4) is 0 Å². The van der Waals surface area contributed by atoms with E-state index in [4.69, 9.17) is 4.74 Å². The van der Waals surface area contributed by atoms with Crippen molar-refractivity contribution in [3.05, 3.63) is 48.3 Å². The minimum atomic E-state index is -0.240. The second-order valence-corrected chi connectivity index (χ2v) is 5.77. The Morgan fingerprint density at radius 1 is 1.52 bits per heavy atom. The summed E-state index contributed by atoms with van der Waals surface area (Å²) in [6.07, 6.45) is 7.77. The van der Waals surface area contributed by atoms with E-state index in [1.165, 1.54) is 0 Å². The number of imidazole rings is 1. The van der Waals surface area contributed by atoms with Gasteiger partial charge in [-0.25, -0.2) is 4.98 Å². The number of carbonyl (C=O) groups is 1. The molecule has 1 aliphatic heterocycles. The van der Waals surface area contributed by atoms with Crippen LogP contribution < -0.4 is 5.32 Å². The van der Waals surface area contributed by atoms with Crippen LogP contribution in [0.25, 0.3) is 0 Å². The number of pyridine rings is 1. The van der Waals surface area contributed by atoms with E-state index < -0.39 is 0 Å². The van der Waals surface area contributed by atoms with Crippen LogP contribution in [0.5, 0.6) is 0 Å². The zero-order chi connectivity index (χ0) is 16.2. The van der Waals surface area contributed by atoms with Crippen LogP contribution in [0.15, 0.2) is 36.9 Å². The van der Waals surface area contributed by atoms with E-state index in [2.05, 4.69) is 26.8 Å². The average molecular weight is 314 g/mol. The van der Waals surface area contributed by atoms with Crippen molar-refractivity contribution in [1.29, 1.82) is 0 Å². The molecule has 2 aromatic heterocycles. The van der Waals surface area contributed by atoms with Crippen molar-refractivity contribution in [2.24, 2.45) is 0 Å².